The Morgan fingerprint density at radius 1 is 1.14 bits per heavy atom. The first kappa shape index (κ1) is 23.1. The molecule has 0 aliphatic heterocycles. The Hall–Kier alpha value is -2.98. The van der Waals surface area contributed by atoms with E-state index in [0.29, 0.717) is 25.4 Å². The summed E-state index contributed by atoms with van der Waals surface area (Å²) in [5.74, 6) is 0.361. The number of nitrogens with two attached hydrogens (primary N) is 2. The number of hydrogen-bond donors (Lipinski definition) is 3. The third-order valence-corrected chi connectivity index (χ3v) is 4.13. The molecular weight excluding hydrogens is 346 g/mol. The molecule has 1 aromatic rings. The smallest absolute Gasteiger partial charge is 0.123 e. The summed E-state index contributed by atoms with van der Waals surface area (Å²) in [6.07, 6.45) is 15.0. The van der Waals surface area contributed by atoms with Crippen LogP contribution in [0.3, 0.4) is 0 Å². The first-order chi connectivity index (χ1) is 13.4. The predicted molar refractivity (Wildman–Crippen MR) is 121 cm³/mol. The van der Waals surface area contributed by atoms with E-state index in [2.05, 4.69) is 18.1 Å². The normalized spacial score (nSPS) is 12.6. The molecule has 1 rings (SSSR count). The molecule has 0 unspecified atom stereocenters. The zero-order valence-corrected chi connectivity index (χ0v) is 17.1. The Morgan fingerprint density at radius 2 is 1.86 bits per heavy atom. The summed E-state index contributed by atoms with van der Waals surface area (Å²) in [6, 6.07) is 4.05. The average Bonchev–Trinajstić information content (AvgIpc) is 2.64. The number of allylic oxidation sites excluding steroid dienone is 6. The maximum absolute atomic E-state index is 10.6. The van der Waals surface area contributed by atoms with Gasteiger partial charge in [-0.25, -0.2) is 0 Å². The Balaban J connectivity index is 3.07. The molecule has 0 fully saturated rings. The molecule has 0 saturated heterocycles. The van der Waals surface area contributed by atoms with Crippen molar-refractivity contribution in [2.75, 3.05) is 13.1 Å². The number of aromatic hydroxyl groups is 1. The monoisotopic (exact) mass is 379 g/mol. The van der Waals surface area contributed by atoms with Gasteiger partial charge in [-0.3, -0.25) is 4.90 Å². The van der Waals surface area contributed by atoms with E-state index in [1.165, 1.54) is 6.20 Å². The van der Waals surface area contributed by atoms with Crippen molar-refractivity contribution in [3.8, 4) is 5.75 Å². The van der Waals surface area contributed by atoms with Gasteiger partial charge in [0.05, 0.1) is 0 Å². The van der Waals surface area contributed by atoms with Gasteiger partial charge >= 0.3 is 0 Å². The lowest BCUT2D eigenvalue weighted by atomic mass is 10.0. The molecule has 0 bridgehead atoms. The van der Waals surface area contributed by atoms with Gasteiger partial charge < -0.3 is 16.6 Å². The Labute approximate surface area is 169 Å². The standard InChI is InChI=1S/C24H33N3O/c1-5-7-8-12-23(26)18-27(16-19(3)11-9-10-13-25)17-22-15-20(4)14-21(6-2)24(22)28/h5,7-15,28H,1,3,6,16-18,25-26H2,2,4H3/b8-7-,11-9-,13-10-,23-12-. The highest BCUT2D eigenvalue weighted by atomic mass is 16.3. The number of rotatable bonds is 11. The molecule has 0 aliphatic carbocycles. The summed E-state index contributed by atoms with van der Waals surface area (Å²) in [5, 5.41) is 10.6. The van der Waals surface area contributed by atoms with E-state index < -0.39 is 0 Å². The molecule has 0 saturated carbocycles. The van der Waals surface area contributed by atoms with E-state index in [9.17, 15) is 5.11 Å². The second kappa shape index (κ2) is 12.4. The lowest BCUT2D eigenvalue weighted by Gasteiger charge is -2.24. The van der Waals surface area contributed by atoms with Gasteiger partial charge in [-0.15, -0.1) is 0 Å². The summed E-state index contributed by atoms with van der Waals surface area (Å²) in [5.41, 5.74) is 16.2. The van der Waals surface area contributed by atoms with Crippen LogP contribution in [-0.2, 0) is 13.0 Å². The fraction of sp³-hybridized carbons (Fsp3) is 0.250. The van der Waals surface area contributed by atoms with Crippen LogP contribution in [-0.4, -0.2) is 23.1 Å². The van der Waals surface area contributed by atoms with Crippen LogP contribution in [0.25, 0.3) is 0 Å². The zero-order valence-electron chi connectivity index (χ0n) is 17.1. The van der Waals surface area contributed by atoms with Crippen LogP contribution in [0, 0.1) is 6.92 Å². The molecule has 0 aromatic heterocycles. The van der Waals surface area contributed by atoms with Crippen molar-refractivity contribution in [3.63, 3.8) is 0 Å². The minimum Gasteiger partial charge on any atom is -0.507 e. The second-order valence-corrected chi connectivity index (χ2v) is 6.69. The van der Waals surface area contributed by atoms with Crippen LogP contribution >= 0.6 is 0 Å². The van der Waals surface area contributed by atoms with Crippen LogP contribution in [0.15, 0.2) is 85.3 Å². The molecule has 150 valence electrons. The zero-order chi connectivity index (χ0) is 20.9. The summed E-state index contributed by atoms with van der Waals surface area (Å²) in [4.78, 5) is 2.15. The van der Waals surface area contributed by atoms with Crippen molar-refractivity contribution in [3.05, 3.63) is 102 Å². The lowest BCUT2D eigenvalue weighted by Crippen LogP contribution is -2.29. The molecule has 28 heavy (non-hydrogen) atoms. The van der Waals surface area contributed by atoms with Gasteiger partial charge in [0, 0.05) is 30.9 Å². The average molecular weight is 380 g/mol. The van der Waals surface area contributed by atoms with Gasteiger partial charge in [-0.05, 0) is 42.8 Å². The minimum atomic E-state index is 0.361. The van der Waals surface area contributed by atoms with Crippen molar-refractivity contribution in [1.29, 1.82) is 0 Å². The highest BCUT2D eigenvalue weighted by Crippen LogP contribution is 2.26. The number of phenolic OH excluding ortho intramolecular Hbond substituents is 1. The van der Waals surface area contributed by atoms with Crippen molar-refractivity contribution in [1.82, 2.24) is 4.90 Å². The number of hydrogen-bond acceptors (Lipinski definition) is 4. The van der Waals surface area contributed by atoms with Gasteiger partial charge in [-0.2, -0.15) is 0 Å². The molecule has 1 aromatic carbocycles. The largest absolute Gasteiger partial charge is 0.507 e. The quantitative estimate of drug-likeness (QED) is 0.503. The number of aryl methyl sites for hydroxylation is 2. The Kier molecular flexibility index (Phi) is 10.2. The van der Waals surface area contributed by atoms with Gasteiger partial charge in [0.25, 0.3) is 0 Å². The SMILES string of the molecule is C=C/C=C\C=C(/N)CN(CC(=C)/C=C\C=C/N)Cc1cc(C)cc(CC)c1O. The highest BCUT2D eigenvalue weighted by Gasteiger charge is 2.13. The fourth-order valence-corrected chi connectivity index (χ4v) is 2.90. The molecule has 4 heteroatoms. The molecule has 0 spiro atoms. The summed E-state index contributed by atoms with van der Waals surface area (Å²) in [7, 11) is 0. The summed E-state index contributed by atoms with van der Waals surface area (Å²) >= 11 is 0. The van der Waals surface area contributed by atoms with Gasteiger partial charge in [0.2, 0.25) is 0 Å². The third-order valence-electron chi connectivity index (χ3n) is 4.13. The third kappa shape index (κ3) is 8.14. The molecule has 0 aliphatic rings. The van der Waals surface area contributed by atoms with E-state index in [0.717, 1.165) is 34.4 Å². The van der Waals surface area contributed by atoms with Crippen LogP contribution in [0.1, 0.15) is 23.6 Å². The van der Waals surface area contributed by atoms with Crippen molar-refractivity contribution >= 4 is 0 Å². The lowest BCUT2D eigenvalue weighted by molar-refractivity contribution is 0.307. The summed E-state index contributed by atoms with van der Waals surface area (Å²) in [6.45, 7) is 13.6. The number of phenols is 1. The molecule has 0 atom stereocenters. The molecular formula is C24H33N3O. The Bertz CT molecular complexity index is 785. The van der Waals surface area contributed by atoms with E-state index in [1.54, 1.807) is 12.2 Å². The maximum Gasteiger partial charge on any atom is 0.123 e. The van der Waals surface area contributed by atoms with Crippen molar-refractivity contribution in [2.24, 2.45) is 11.5 Å². The van der Waals surface area contributed by atoms with Crippen LogP contribution < -0.4 is 11.5 Å². The number of nitrogens with zero attached hydrogens (tertiary/aromatic N) is 1. The predicted octanol–water partition coefficient (Wildman–Crippen LogP) is 4.23. The maximum atomic E-state index is 10.6. The number of benzene rings is 1. The van der Waals surface area contributed by atoms with Crippen LogP contribution in [0.2, 0.25) is 0 Å². The van der Waals surface area contributed by atoms with Gasteiger partial charge in [0.15, 0.2) is 0 Å². The van der Waals surface area contributed by atoms with Crippen molar-refractivity contribution in [2.45, 2.75) is 26.8 Å². The molecule has 4 nitrogen and oxygen atoms in total. The first-order valence-corrected chi connectivity index (χ1v) is 9.41. The van der Waals surface area contributed by atoms with Gasteiger partial charge in [0.1, 0.15) is 5.75 Å². The Morgan fingerprint density at radius 3 is 2.50 bits per heavy atom. The van der Waals surface area contributed by atoms with E-state index in [1.807, 2.05) is 56.4 Å². The first-order valence-electron chi connectivity index (χ1n) is 9.41. The van der Waals surface area contributed by atoms with E-state index in [-0.39, 0.29) is 0 Å². The summed E-state index contributed by atoms with van der Waals surface area (Å²) < 4.78 is 0. The van der Waals surface area contributed by atoms with Crippen LogP contribution in [0.5, 0.6) is 5.75 Å². The van der Waals surface area contributed by atoms with Gasteiger partial charge in [-0.1, -0.05) is 68.2 Å². The topological polar surface area (TPSA) is 75.5 Å². The molecule has 5 N–H and O–H groups in total. The fourth-order valence-electron chi connectivity index (χ4n) is 2.90. The van der Waals surface area contributed by atoms with Crippen molar-refractivity contribution < 1.29 is 5.11 Å². The molecule has 0 radical (unpaired) electrons. The second-order valence-electron chi connectivity index (χ2n) is 6.69. The minimum absolute atomic E-state index is 0.361. The van der Waals surface area contributed by atoms with E-state index >= 15 is 0 Å². The highest BCUT2D eigenvalue weighted by molar-refractivity contribution is 5.43. The molecule has 0 amide bonds. The van der Waals surface area contributed by atoms with Crippen LogP contribution in [0.4, 0.5) is 0 Å². The molecule has 0 heterocycles. The van der Waals surface area contributed by atoms with E-state index in [4.69, 9.17) is 11.5 Å².